The maximum Gasteiger partial charge on any atom is 0.411 e. The minimum Gasteiger partial charge on any atom is -0.396 e. The Bertz CT molecular complexity index is 133. The number of alkyl halides is 3. The Morgan fingerprint density at radius 2 is 2.00 bits per heavy atom. The number of aliphatic hydroxyl groups excluding tert-OH is 1. The van der Waals surface area contributed by atoms with E-state index in [9.17, 15) is 13.2 Å². The predicted octanol–water partition coefficient (Wildman–Crippen LogP) is 2.36. The quantitative estimate of drug-likeness (QED) is 0.659. The minimum absolute atomic E-state index is 0.0930. The van der Waals surface area contributed by atoms with Crippen molar-refractivity contribution in [1.82, 2.24) is 0 Å². The molecule has 0 saturated carbocycles. The van der Waals surface area contributed by atoms with Gasteiger partial charge in [-0.2, -0.15) is 13.2 Å². The maximum absolute atomic E-state index is 11.6. The summed E-state index contributed by atoms with van der Waals surface area (Å²) in [5.41, 5.74) is 0. The zero-order valence-electron chi connectivity index (χ0n) is 8.31. The molecule has 0 aromatic carbocycles. The summed E-state index contributed by atoms with van der Waals surface area (Å²) in [6, 6.07) is 0. The first kappa shape index (κ1) is 13.7. The van der Waals surface area contributed by atoms with E-state index in [0.717, 1.165) is 6.42 Å². The minimum atomic E-state index is -4.23. The second-order valence-electron chi connectivity index (χ2n) is 3.27. The van der Waals surface area contributed by atoms with Crippen LogP contribution in [0.5, 0.6) is 0 Å². The summed E-state index contributed by atoms with van der Waals surface area (Å²) in [7, 11) is 0. The summed E-state index contributed by atoms with van der Waals surface area (Å²) in [5, 5.41) is 8.79. The van der Waals surface area contributed by atoms with E-state index >= 15 is 0 Å². The molecule has 0 aliphatic heterocycles. The van der Waals surface area contributed by atoms with Crippen LogP contribution in [0.15, 0.2) is 0 Å². The summed E-state index contributed by atoms with van der Waals surface area (Å²) < 4.78 is 39.3. The van der Waals surface area contributed by atoms with Crippen molar-refractivity contribution in [2.24, 2.45) is 5.92 Å². The fourth-order valence-corrected chi connectivity index (χ4v) is 1.09. The van der Waals surface area contributed by atoms with E-state index in [1.54, 1.807) is 0 Å². The highest BCUT2D eigenvalue weighted by Crippen LogP contribution is 2.15. The highest BCUT2D eigenvalue weighted by molar-refractivity contribution is 4.55. The van der Waals surface area contributed by atoms with Crippen molar-refractivity contribution in [1.29, 1.82) is 0 Å². The van der Waals surface area contributed by atoms with Gasteiger partial charge in [-0.05, 0) is 18.8 Å². The summed E-state index contributed by atoms with van der Waals surface area (Å²) in [5.74, 6) is 0.185. The van der Waals surface area contributed by atoms with E-state index in [2.05, 4.69) is 4.74 Å². The number of hydrogen-bond donors (Lipinski definition) is 1. The van der Waals surface area contributed by atoms with Crippen molar-refractivity contribution in [3.63, 3.8) is 0 Å². The second-order valence-corrected chi connectivity index (χ2v) is 3.27. The Kier molecular flexibility index (Phi) is 6.92. The van der Waals surface area contributed by atoms with Crippen molar-refractivity contribution in [3.8, 4) is 0 Å². The smallest absolute Gasteiger partial charge is 0.396 e. The third kappa shape index (κ3) is 8.31. The van der Waals surface area contributed by atoms with Crippen LogP contribution in [0.4, 0.5) is 13.2 Å². The molecule has 2 nitrogen and oxygen atoms in total. The molecular weight excluding hydrogens is 197 g/mol. The zero-order chi connectivity index (χ0) is 11.0. The molecule has 0 fully saturated rings. The zero-order valence-corrected chi connectivity index (χ0v) is 8.31. The predicted molar refractivity (Wildman–Crippen MR) is 47.0 cm³/mol. The fraction of sp³-hybridized carbons (Fsp3) is 1.00. The Morgan fingerprint density at radius 1 is 1.36 bits per heavy atom. The van der Waals surface area contributed by atoms with Crippen LogP contribution in [0.2, 0.25) is 0 Å². The van der Waals surface area contributed by atoms with Crippen molar-refractivity contribution >= 4 is 0 Å². The Balaban J connectivity index is 3.29. The van der Waals surface area contributed by atoms with Crippen molar-refractivity contribution in [2.45, 2.75) is 32.4 Å². The van der Waals surface area contributed by atoms with Crippen molar-refractivity contribution in [2.75, 3.05) is 19.8 Å². The van der Waals surface area contributed by atoms with Gasteiger partial charge in [-0.1, -0.05) is 13.3 Å². The molecular formula is C9H17F3O2. The molecule has 5 heteroatoms. The number of hydrogen-bond acceptors (Lipinski definition) is 2. The molecule has 14 heavy (non-hydrogen) atoms. The second kappa shape index (κ2) is 7.06. The third-order valence-corrected chi connectivity index (χ3v) is 2.00. The molecule has 0 aromatic heterocycles. The van der Waals surface area contributed by atoms with Crippen LogP contribution >= 0.6 is 0 Å². The molecule has 0 aliphatic carbocycles. The molecule has 1 atom stereocenters. The molecule has 0 bridgehead atoms. The van der Waals surface area contributed by atoms with E-state index in [-0.39, 0.29) is 19.1 Å². The van der Waals surface area contributed by atoms with Gasteiger partial charge in [0.1, 0.15) is 6.61 Å². The van der Waals surface area contributed by atoms with Gasteiger partial charge in [0.2, 0.25) is 0 Å². The molecule has 0 heterocycles. The Hall–Kier alpha value is -0.290. The van der Waals surface area contributed by atoms with Crippen LogP contribution in [-0.4, -0.2) is 31.1 Å². The van der Waals surface area contributed by atoms with Crippen LogP contribution in [0.3, 0.4) is 0 Å². The lowest BCUT2D eigenvalue weighted by Crippen LogP contribution is -2.17. The van der Waals surface area contributed by atoms with Gasteiger partial charge in [-0.25, -0.2) is 0 Å². The van der Waals surface area contributed by atoms with Gasteiger partial charge >= 0.3 is 6.18 Å². The molecule has 0 rings (SSSR count). The lowest BCUT2D eigenvalue weighted by molar-refractivity contribution is -0.174. The normalized spacial score (nSPS) is 14.4. The average molecular weight is 214 g/mol. The van der Waals surface area contributed by atoms with Gasteiger partial charge in [0.15, 0.2) is 0 Å². The first-order valence-electron chi connectivity index (χ1n) is 4.75. The molecule has 0 aromatic rings. The van der Waals surface area contributed by atoms with Crippen LogP contribution in [0.1, 0.15) is 26.2 Å². The largest absolute Gasteiger partial charge is 0.411 e. The van der Waals surface area contributed by atoms with E-state index < -0.39 is 12.8 Å². The summed E-state index contributed by atoms with van der Waals surface area (Å²) in [6.07, 6.45) is -2.11. The number of ether oxygens (including phenoxy) is 1. The molecule has 1 unspecified atom stereocenters. The van der Waals surface area contributed by atoms with Gasteiger partial charge in [0.05, 0.1) is 0 Å². The molecule has 0 amide bonds. The third-order valence-electron chi connectivity index (χ3n) is 2.00. The van der Waals surface area contributed by atoms with E-state index in [0.29, 0.717) is 12.8 Å². The monoisotopic (exact) mass is 214 g/mol. The molecule has 1 N–H and O–H groups in total. The van der Waals surface area contributed by atoms with Crippen molar-refractivity contribution in [3.05, 3.63) is 0 Å². The highest BCUT2D eigenvalue weighted by Gasteiger charge is 2.27. The van der Waals surface area contributed by atoms with Gasteiger partial charge in [-0.3, -0.25) is 0 Å². The van der Waals surface area contributed by atoms with Gasteiger partial charge in [-0.15, -0.1) is 0 Å². The summed E-state index contributed by atoms with van der Waals surface area (Å²) in [4.78, 5) is 0. The number of halogens is 3. The average Bonchev–Trinajstić information content (AvgIpc) is 2.09. The summed E-state index contributed by atoms with van der Waals surface area (Å²) in [6.45, 7) is 0.964. The van der Waals surface area contributed by atoms with E-state index in [1.807, 2.05) is 6.92 Å². The van der Waals surface area contributed by atoms with E-state index in [1.165, 1.54) is 0 Å². The number of rotatable bonds is 7. The molecule has 0 radical (unpaired) electrons. The highest BCUT2D eigenvalue weighted by atomic mass is 19.4. The number of aliphatic hydroxyl groups is 1. The van der Waals surface area contributed by atoms with Crippen molar-refractivity contribution < 1.29 is 23.0 Å². The van der Waals surface area contributed by atoms with Crippen LogP contribution in [0.25, 0.3) is 0 Å². The Labute approximate surface area is 82.1 Å². The lowest BCUT2D eigenvalue weighted by Gasteiger charge is -2.11. The van der Waals surface area contributed by atoms with Gasteiger partial charge in [0.25, 0.3) is 0 Å². The van der Waals surface area contributed by atoms with Gasteiger partial charge < -0.3 is 9.84 Å². The van der Waals surface area contributed by atoms with Crippen LogP contribution < -0.4 is 0 Å². The van der Waals surface area contributed by atoms with Crippen LogP contribution in [0, 0.1) is 5.92 Å². The molecule has 86 valence electrons. The molecule has 0 spiro atoms. The summed E-state index contributed by atoms with van der Waals surface area (Å²) >= 11 is 0. The lowest BCUT2D eigenvalue weighted by atomic mass is 10.0. The molecule has 0 saturated heterocycles. The standard InChI is InChI=1S/C9H17F3O2/c1-2-8(6-13)4-3-5-14-7-9(10,11)12/h8,13H,2-7H2,1H3. The van der Waals surface area contributed by atoms with Gasteiger partial charge in [0, 0.05) is 13.2 Å². The topological polar surface area (TPSA) is 29.5 Å². The first-order chi connectivity index (χ1) is 6.49. The maximum atomic E-state index is 11.6. The van der Waals surface area contributed by atoms with Crippen LogP contribution in [-0.2, 0) is 4.74 Å². The first-order valence-corrected chi connectivity index (χ1v) is 4.75. The van der Waals surface area contributed by atoms with E-state index in [4.69, 9.17) is 5.11 Å². The molecule has 0 aliphatic rings. The Morgan fingerprint density at radius 3 is 2.43 bits per heavy atom. The fourth-order valence-electron chi connectivity index (χ4n) is 1.09. The SMILES string of the molecule is CCC(CO)CCCOCC(F)(F)F.